The number of esters is 1. The van der Waals surface area contributed by atoms with Crippen LogP contribution in [0.3, 0.4) is 0 Å². The van der Waals surface area contributed by atoms with Gasteiger partial charge in [0.2, 0.25) is 0 Å². The number of aromatic nitrogens is 1. The van der Waals surface area contributed by atoms with Crippen molar-refractivity contribution >= 4 is 27.8 Å². The van der Waals surface area contributed by atoms with Gasteiger partial charge in [0.1, 0.15) is 11.1 Å². The Morgan fingerprint density at radius 1 is 1.56 bits per heavy atom. The predicted molar refractivity (Wildman–Crippen MR) is 60.9 cm³/mol. The van der Waals surface area contributed by atoms with Crippen molar-refractivity contribution in [2.24, 2.45) is 0 Å². The Morgan fingerprint density at radius 3 is 2.81 bits per heavy atom. The molecule has 0 fully saturated rings. The lowest BCUT2D eigenvalue weighted by molar-refractivity contribution is -0.141. The van der Waals surface area contributed by atoms with Crippen LogP contribution >= 0.6 is 15.9 Å². The fourth-order valence-electron chi connectivity index (χ4n) is 1.09. The van der Waals surface area contributed by atoms with Gasteiger partial charge in [0.05, 0.1) is 7.11 Å². The summed E-state index contributed by atoms with van der Waals surface area (Å²) in [6.07, 6.45) is 1.52. The molecule has 0 N–H and O–H groups in total. The minimum absolute atomic E-state index is 0.0741. The topological polar surface area (TPSA) is 59.5 Å². The number of pyridine rings is 1. The number of methoxy groups -OCH3 is 1. The van der Waals surface area contributed by atoms with E-state index in [0.717, 1.165) is 0 Å². The maximum atomic E-state index is 11.8. The molecule has 0 aliphatic heterocycles. The lowest BCUT2D eigenvalue weighted by Crippen LogP contribution is -2.32. The van der Waals surface area contributed by atoms with Gasteiger partial charge < -0.3 is 9.64 Å². The maximum absolute atomic E-state index is 11.8. The number of nitrogens with zero attached hydrogens (tertiary/aromatic N) is 2. The zero-order valence-corrected chi connectivity index (χ0v) is 10.5. The van der Waals surface area contributed by atoms with E-state index in [1.54, 1.807) is 12.1 Å². The molecule has 0 saturated carbocycles. The fourth-order valence-corrected chi connectivity index (χ4v) is 1.45. The highest BCUT2D eigenvalue weighted by molar-refractivity contribution is 9.10. The Morgan fingerprint density at radius 2 is 2.25 bits per heavy atom. The van der Waals surface area contributed by atoms with Crippen LogP contribution in [0.2, 0.25) is 0 Å². The van der Waals surface area contributed by atoms with E-state index >= 15 is 0 Å². The largest absolute Gasteiger partial charge is 0.468 e. The van der Waals surface area contributed by atoms with Crippen LogP contribution in [0.4, 0.5) is 0 Å². The number of hydrogen-bond acceptors (Lipinski definition) is 4. The summed E-state index contributed by atoms with van der Waals surface area (Å²) in [7, 11) is 2.82. The molecule has 1 amide bonds. The van der Waals surface area contributed by atoms with E-state index in [0.29, 0.717) is 10.2 Å². The molecule has 0 radical (unpaired) electrons. The minimum atomic E-state index is -0.455. The molecule has 0 spiro atoms. The van der Waals surface area contributed by atoms with Gasteiger partial charge in [0.25, 0.3) is 5.91 Å². The van der Waals surface area contributed by atoms with Gasteiger partial charge >= 0.3 is 5.97 Å². The molecule has 0 bridgehead atoms. The van der Waals surface area contributed by atoms with Crippen LogP contribution in [0, 0.1) is 0 Å². The third-order valence-electron chi connectivity index (χ3n) is 1.91. The molecule has 1 rings (SSSR count). The van der Waals surface area contributed by atoms with Gasteiger partial charge in [-0.1, -0.05) is 0 Å². The van der Waals surface area contributed by atoms with Gasteiger partial charge in [-0.25, -0.2) is 4.98 Å². The van der Waals surface area contributed by atoms with E-state index in [2.05, 4.69) is 25.7 Å². The van der Waals surface area contributed by atoms with Gasteiger partial charge in [0, 0.05) is 18.8 Å². The third kappa shape index (κ3) is 3.30. The molecular weight excluding hydrogens is 276 g/mol. The fraction of sp³-hybridized carbons (Fsp3) is 0.300. The monoisotopic (exact) mass is 286 g/mol. The molecule has 1 aromatic heterocycles. The van der Waals surface area contributed by atoms with Crippen LogP contribution in [-0.2, 0) is 9.53 Å². The molecule has 1 aromatic rings. The highest BCUT2D eigenvalue weighted by Crippen LogP contribution is 2.09. The van der Waals surface area contributed by atoms with Crippen molar-refractivity contribution in [1.82, 2.24) is 9.88 Å². The summed E-state index contributed by atoms with van der Waals surface area (Å²) >= 11 is 3.17. The van der Waals surface area contributed by atoms with E-state index < -0.39 is 5.97 Å². The molecule has 6 heteroatoms. The predicted octanol–water partition coefficient (Wildman–Crippen LogP) is 1.09. The van der Waals surface area contributed by atoms with Crippen LogP contribution < -0.4 is 0 Å². The Balaban J connectivity index is 2.74. The van der Waals surface area contributed by atoms with Gasteiger partial charge in [-0.3, -0.25) is 9.59 Å². The lowest BCUT2D eigenvalue weighted by Gasteiger charge is -2.15. The van der Waals surface area contributed by atoms with Crippen molar-refractivity contribution in [3.8, 4) is 0 Å². The molecule has 0 unspecified atom stereocenters. The molecule has 0 aliphatic carbocycles. The average Bonchev–Trinajstić information content (AvgIpc) is 2.27. The quantitative estimate of drug-likeness (QED) is 0.617. The summed E-state index contributed by atoms with van der Waals surface area (Å²) < 4.78 is 5.05. The highest BCUT2D eigenvalue weighted by Gasteiger charge is 2.15. The summed E-state index contributed by atoms with van der Waals surface area (Å²) in [6, 6.07) is 3.18. The number of carbonyl (C=O) groups excluding carboxylic acids is 2. The zero-order chi connectivity index (χ0) is 12.1. The Kier molecular flexibility index (Phi) is 4.42. The molecule has 0 aromatic carbocycles. The summed E-state index contributed by atoms with van der Waals surface area (Å²) in [4.78, 5) is 28.0. The van der Waals surface area contributed by atoms with Crippen LogP contribution in [-0.4, -0.2) is 42.5 Å². The standard InChI is InChI=1S/C10H11BrN2O3/c1-13(6-9(14)16-2)10(15)7-3-4-12-8(11)5-7/h3-5H,6H2,1-2H3. The van der Waals surface area contributed by atoms with E-state index in [1.807, 2.05) is 0 Å². The number of halogens is 1. The Hall–Kier alpha value is -1.43. The zero-order valence-electron chi connectivity index (χ0n) is 8.94. The van der Waals surface area contributed by atoms with Crippen molar-refractivity contribution in [3.63, 3.8) is 0 Å². The molecule has 0 atom stereocenters. The second-order valence-electron chi connectivity index (χ2n) is 3.10. The first-order valence-electron chi connectivity index (χ1n) is 4.48. The molecule has 16 heavy (non-hydrogen) atoms. The van der Waals surface area contributed by atoms with E-state index in [-0.39, 0.29) is 12.5 Å². The summed E-state index contributed by atoms with van der Waals surface area (Å²) in [5.41, 5.74) is 0.466. The second kappa shape index (κ2) is 5.60. The van der Waals surface area contributed by atoms with Crippen molar-refractivity contribution in [3.05, 3.63) is 28.5 Å². The van der Waals surface area contributed by atoms with Crippen molar-refractivity contribution in [2.75, 3.05) is 20.7 Å². The van der Waals surface area contributed by atoms with Gasteiger partial charge in [0.15, 0.2) is 0 Å². The van der Waals surface area contributed by atoms with Gasteiger partial charge in [-0.15, -0.1) is 0 Å². The first kappa shape index (κ1) is 12.6. The number of hydrogen-bond donors (Lipinski definition) is 0. The number of likely N-dealkylation sites (N-methyl/N-ethyl adjacent to an activating group) is 1. The average molecular weight is 287 g/mol. The summed E-state index contributed by atoms with van der Waals surface area (Å²) in [6.45, 7) is -0.0741. The number of carbonyl (C=O) groups is 2. The van der Waals surface area contributed by atoms with E-state index in [9.17, 15) is 9.59 Å². The van der Waals surface area contributed by atoms with Crippen LogP contribution in [0.25, 0.3) is 0 Å². The maximum Gasteiger partial charge on any atom is 0.325 e. The van der Waals surface area contributed by atoms with E-state index in [4.69, 9.17) is 0 Å². The van der Waals surface area contributed by atoms with Crippen LogP contribution in [0.5, 0.6) is 0 Å². The molecule has 86 valence electrons. The Labute approximate surface area is 102 Å². The number of amides is 1. The van der Waals surface area contributed by atoms with Crippen LogP contribution in [0.1, 0.15) is 10.4 Å². The SMILES string of the molecule is COC(=O)CN(C)C(=O)c1ccnc(Br)c1. The van der Waals surface area contributed by atoms with Gasteiger partial charge in [-0.2, -0.15) is 0 Å². The molecule has 0 saturated heterocycles. The molecule has 1 heterocycles. The molecular formula is C10H11BrN2O3. The van der Waals surface area contributed by atoms with Crippen LogP contribution in [0.15, 0.2) is 22.9 Å². The Bertz CT molecular complexity index is 409. The van der Waals surface area contributed by atoms with Crippen molar-refractivity contribution in [2.45, 2.75) is 0 Å². The summed E-state index contributed by atoms with van der Waals surface area (Å²) in [5.74, 6) is -0.711. The van der Waals surface area contributed by atoms with Gasteiger partial charge in [-0.05, 0) is 28.1 Å². The lowest BCUT2D eigenvalue weighted by atomic mass is 10.2. The minimum Gasteiger partial charge on any atom is -0.468 e. The van der Waals surface area contributed by atoms with Crippen molar-refractivity contribution in [1.29, 1.82) is 0 Å². The highest BCUT2D eigenvalue weighted by atomic mass is 79.9. The van der Waals surface area contributed by atoms with Crippen molar-refractivity contribution < 1.29 is 14.3 Å². The molecule has 0 aliphatic rings. The van der Waals surface area contributed by atoms with E-state index in [1.165, 1.54) is 25.3 Å². The summed E-state index contributed by atoms with van der Waals surface area (Å²) in [5, 5.41) is 0. The smallest absolute Gasteiger partial charge is 0.325 e. The first-order valence-corrected chi connectivity index (χ1v) is 5.27. The first-order chi connectivity index (χ1) is 7.54. The number of rotatable bonds is 3. The number of ether oxygens (including phenoxy) is 1. The normalized spacial score (nSPS) is 9.69. The second-order valence-corrected chi connectivity index (χ2v) is 3.92. The molecule has 5 nitrogen and oxygen atoms in total. The third-order valence-corrected chi connectivity index (χ3v) is 2.35.